The third kappa shape index (κ3) is 1.82. The molecule has 1 rings (SSSR count). The second kappa shape index (κ2) is 3.51. The van der Waals surface area contributed by atoms with E-state index in [-0.39, 0.29) is 15.1 Å². The molecule has 1 heterocycles. The minimum Gasteiger partial charge on any atom is -0.505 e. The first-order valence-electron chi connectivity index (χ1n) is 3.16. The second-order valence-corrected chi connectivity index (χ2v) is 3.32. The van der Waals surface area contributed by atoms with Gasteiger partial charge in [0.05, 0.1) is 0 Å². The number of nitrogens with zero attached hydrogens (tertiary/aromatic N) is 1. The van der Waals surface area contributed by atoms with Crippen LogP contribution in [0.5, 0.6) is 5.75 Å². The standard InChI is InChI=1S/C7H6F2INO/c1-3-2-4(12)7(10)11-5(3)6(8)9/h2,6,12H,1H3. The number of aryl methyl sites for hydroxylation is 1. The molecule has 0 atom stereocenters. The van der Waals surface area contributed by atoms with E-state index in [1.807, 2.05) is 0 Å². The zero-order valence-corrected chi connectivity index (χ0v) is 8.34. The predicted molar refractivity (Wildman–Crippen MR) is 48.3 cm³/mol. The van der Waals surface area contributed by atoms with Crippen molar-refractivity contribution in [3.63, 3.8) is 0 Å². The molecule has 0 aromatic carbocycles. The number of hydrogen-bond acceptors (Lipinski definition) is 2. The van der Waals surface area contributed by atoms with Crippen molar-refractivity contribution in [1.82, 2.24) is 4.98 Å². The topological polar surface area (TPSA) is 33.1 Å². The molecule has 0 radical (unpaired) electrons. The highest BCUT2D eigenvalue weighted by Crippen LogP contribution is 2.26. The molecule has 12 heavy (non-hydrogen) atoms. The van der Waals surface area contributed by atoms with Crippen LogP contribution >= 0.6 is 22.6 Å². The first kappa shape index (κ1) is 9.63. The molecule has 0 saturated heterocycles. The van der Waals surface area contributed by atoms with Gasteiger partial charge in [-0.3, -0.25) is 0 Å². The lowest BCUT2D eigenvalue weighted by atomic mass is 10.2. The molecule has 0 unspecified atom stereocenters. The Morgan fingerprint density at radius 3 is 2.67 bits per heavy atom. The van der Waals surface area contributed by atoms with Crippen LogP contribution in [0.3, 0.4) is 0 Å². The highest BCUT2D eigenvalue weighted by atomic mass is 127. The summed E-state index contributed by atoms with van der Waals surface area (Å²) in [7, 11) is 0. The van der Waals surface area contributed by atoms with Crippen LogP contribution in [0, 0.1) is 10.6 Å². The van der Waals surface area contributed by atoms with Gasteiger partial charge in [-0.05, 0) is 41.1 Å². The van der Waals surface area contributed by atoms with Crippen molar-refractivity contribution in [2.45, 2.75) is 13.3 Å². The van der Waals surface area contributed by atoms with Crippen molar-refractivity contribution in [3.05, 3.63) is 21.0 Å². The molecule has 0 saturated carbocycles. The van der Waals surface area contributed by atoms with Crippen molar-refractivity contribution < 1.29 is 13.9 Å². The molecule has 0 fully saturated rings. The Morgan fingerprint density at radius 1 is 1.58 bits per heavy atom. The molecule has 0 spiro atoms. The molecule has 0 bridgehead atoms. The molecule has 0 aliphatic heterocycles. The van der Waals surface area contributed by atoms with E-state index in [1.54, 1.807) is 22.6 Å². The fourth-order valence-corrected chi connectivity index (χ4v) is 1.23. The van der Waals surface area contributed by atoms with Crippen LogP contribution in [0.15, 0.2) is 6.07 Å². The van der Waals surface area contributed by atoms with E-state index in [2.05, 4.69) is 4.98 Å². The Kier molecular flexibility index (Phi) is 2.81. The largest absolute Gasteiger partial charge is 0.505 e. The van der Waals surface area contributed by atoms with Gasteiger partial charge in [0.2, 0.25) is 0 Å². The average molecular weight is 285 g/mol. The zero-order chi connectivity index (χ0) is 9.30. The quantitative estimate of drug-likeness (QED) is 0.635. The minimum atomic E-state index is -2.58. The van der Waals surface area contributed by atoms with Crippen molar-refractivity contribution in [2.75, 3.05) is 0 Å². The fourth-order valence-electron chi connectivity index (χ4n) is 0.811. The normalized spacial score (nSPS) is 10.8. The molecule has 2 nitrogen and oxygen atoms in total. The summed E-state index contributed by atoms with van der Waals surface area (Å²) in [5.74, 6) is -0.0579. The Labute approximate surface area is 81.8 Å². The maximum atomic E-state index is 12.2. The van der Waals surface area contributed by atoms with Gasteiger partial charge in [-0.1, -0.05) is 0 Å². The summed E-state index contributed by atoms with van der Waals surface area (Å²) in [5, 5.41) is 9.09. The molecule has 1 N–H and O–H groups in total. The molecule has 1 aromatic heterocycles. The van der Waals surface area contributed by atoms with Gasteiger partial charge in [-0.2, -0.15) is 0 Å². The highest BCUT2D eigenvalue weighted by Gasteiger charge is 2.14. The van der Waals surface area contributed by atoms with E-state index in [0.717, 1.165) is 0 Å². The lowest BCUT2D eigenvalue weighted by Gasteiger charge is -2.04. The van der Waals surface area contributed by atoms with E-state index in [1.165, 1.54) is 13.0 Å². The van der Waals surface area contributed by atoms with Crippen LogP contribution in [0.25, 0.3) is 0 Å². The van der Waals surface area contributed by atoms with Crippen LogP contribution in [0.4, 0.5) is 8.78 Å². The summed E-state index contributed by atoms with van der Waals surface area (Å²) in [6.45, 7) is 1.49. The van der Waals surface area contributed by atoms with Crippen LogP contribution in [0.1, 0.15) is 17.7 Å². The van der Waals surface area contributed by atoms with Crippen LogP contribution in [-0.2, 0) is 0 Å². The molecular formula is C7H6F2INO. The summed E-state index contributed by atoms with van der Waals surface area (Å²) >= 11 is 1.71. The first-order chi connectivity index (χ1) is 5.52. The van der Waals surface area contributed by atoms with E-state index in [0.29, 0.717) is 5.56 Å². The van der Waals surface area contributed by atoms with Gasteiger partial charge in [0, 0.05) is 0 Å². The molecule has 0 amide bonds. The van der Waals surface area contributed by atoms with E-state index in [9.17, 15) is 8.78 Å². The van der Waals surface area contributed by atoms with Crippen LogP contribution in [0.2, 0.25) is 0 Å². The Morgan fingerprint density at radius 2 is 2.17 bits per heavy atom. The summed E-state index contributed by atoms with van der Waals surface area (Å²) in [4.78, 5) is 3.56. The number of pyridine rings is 1. The maximum absolute atomic E-state index is 12.2. The van der Waals surface area contributed by atoms with Crippen molar-refractivity contribution in [3.8, 4) is 5.75 Å². The zero-order valence-electron chi connectivity index (χ0n) is 6.18. The van der Waals surface area contributed by atoms with Crippen molar-refractivity contribution in [1.29, 1.82) is 0 Å². The molecule has 0 aliphatic rings. The number of alkyl halides is 2. The Bertz CT molecular complexity index is 304. The Hall–Kier alpha value is -0.460. The summed E-state index contributed by atoms with van der Waals surface area (Å²) < 4.78 is 24.6. The monoisotopic (exact) mass is 285 g/mol. The van der Waals surface area contributed by atoms with Gasteiger partial charge in [-0.15, -0.1) is 0 Å². The third-order valence-corrected chi connectivity index (χ3v) is 2.19. The van der Waals surface area contributed by atoms with Crippen LogP contribution in [-0.4, -0.2) is 10.1 Å². The van der Waals surface area contributed by atoms with Gasteiger partial charge in [0.15, 0.2) is 0 Å². The number of aromatic nitrogens is 1. The Balaban J connectivity index is 3.23. The second-order valence-electron chi connectivity index (χ2n) is 2.30. The third-order valence-electron chi connectivity index (χ3n) is 1.39. The number of hydrogen-bond donors (Lipinski definition) is 1. The van der Waals surface area contributed by atoms with Crippen LogP contribution < -0.4 is 0 Å². The summed E-state index contributed by atoms with van der Waals surface area (Å²) in [5.41, 5.74) is 0.0418. The van der Waals surface area contributed by atoms with Crippen molar-refractivity contribution >= 4 is 22.6 Å². The van der Waals surface area contributed by atoms with Gasteiger partial charge in [-0.25, -0.2) is 13.8 Å². The fraction of sp³-hybridized carbons (Fsp3) is 0.286. The average Bonchev–Trinajstić information content (AvgIpc) is 1.96. The summed E-state index contributed by atoms with van der Waals surface area (Å²) in [6.07, 6.45) is -2.58. The van der Waals surface area contributed by atoms with Gasteiger partial charge in [0.1, 0.15) is 15.1 Å². The molecular weight excluding hydrogens is 279 g/mol. The predicted octanol–water partition coefficient (Wildman–Crippen LogP) is 2.64. The smallest absolute Gasteiger partial charge is 0.280 e. The van der Waals surface area contributed by atoms with E-state index < -0.39 is 6.43 Å². The summed E-state index contributed by atoms with van der Waals surface area (Å²) in [6, 6.07) is 1.29. The lowest BCUT2D eigenvalue weighted by molar-refractivity contribution is 0.145. The molecule has 66 valence electrons. The SMILES string of the molecule is Cc1cc(O)c(I)nc1C(F)F. The highest BCUT2D eigenvalue weighted by molar-refractivity contribution is 14.1. The number of halogens is 3. The minimum absolute atomic E-state index is 0.0579. The molecule has 0 aliphatic carbocycles. The van der Waals surface area contributed by atoms with Gasteiger partial charge in [0.25, 0.3) is 6.43 Å². The van der Waals surface area contributed by atoms with Gasteiger partial charge >= 0.3 is 0 Å². The molecule has 1 aromatic rings. The van der Waals surface area contributed by atoms with Crippen molar-refractivity contribution in [2.24, 2.45) is 0 Å². The van der Waals surface area contributed by atoms with E-state index >= 15 is 0 Å². The maximum Gasteiger partial charge on any atom is 0.280 e. The van der Waals surface area contributed by atoms with Gasteiger partial charge < -0.3 is 5.11 Å². The number of aromatic hydroxyl groups is 1. The molecule has 5 heteroatoms. The van der Waals surface area contributed by atoms with E-state index in [4.69, 9.17) is 5.11 Å². The lowest BCUT2D eigenvalue weighted by Crippen LogP contribution is -1.96. The first-order valence-corrected chi connectivity index (χ1v) is 4.24. The number of rotatable bonds is 1.